The molecule has 0 amide bonds. The minimum Gasteiger partial charge on any atom is -0.361 e. The first-order valence-electron chi connectivity index (χ1n) is 5.71. The number of hydrogen-bond donors (Lipinski definition) is 0. The molecule has 1 saturated heterocycles. The van der Waals surface area contributed by atoms with Crippen molar-refractivity contribution in [2.45, 2.75) is 6.10 Å². The fourth-order valence-corrected chi connectivity index (χ4v) is 1.88. The predicted octanol–water partition coefficient (Wildman–Crippen LogP) is 1.23. The maximum absolute atomic E-state index is 13.0. The number of benzene rings is 1. The SMILES string of the molecule is N#CC1CN(CC(=O)c2cccc(F)c2)CCO1. The molecule has 1 aromatic carbocycles. The van der Waals surface area contributed by atoms with Gasteiger partial charge in [0.15, 0.2) is 11.9 Å². The van der Waals surface area contributed by atoms with Crippen LogP contribution >= 0.6 is 0 Å². The lowest BCUT2D eigenvalue weighted by Gasteiger charge is -2.28. The van der Waals surface area contributed by atoms with Crippen LogP contribution in [-0.2, 0) is 4.74 Å². The molecule has 5 heteroatoms. The third-order valence-corrected chi connectivity index (χ3v) is 2.81. The van der Waals surface area contributed by atoms with E-state index in [2.05, 4.69) is 0 Å². The van der Waals surface area contributed by atoms with Crippen molar-refractivity contribution in [3.05, 3.63) is 35.6 Å². The van der Waals surface area contributed by atoms with Crippen molar-refractivity contribution in [2.75, 3.05) is 26.2 Å². The summed E-state index contributed by atoms with van der Waals surface area (Å²) in [5.74, 6) is -0.564. The summed E-state index contributed by atoms with van der Waals surface area (Å²) < 4.78 is 18.2. The average molecular weight is 248 g/mol. The highest BCUT2D eigenvalue weighted by Gasteiger charge is 2.22. The van der Waals surface area contributed by atoms with Gasteiger partial charge in [0.1, 0.15) is 5.82 Å². The van der Waals surface area contributed by atoms with Crippen molar-refractivity contribution in [3.8, 4) is 6.07 Å². The molecule has 1 fully saturated rings. The van der Waals surface area contributed by atoms with Gasteiger partial charge in [-0.15, -0.1) is 0 Å². The van der Waals surface area contributed by atoms with E-state index in [4.69, 9.17) is 10.00 Å². The Hall–Kier alpha value is -1.77. The number of nitrogens with zero attached hydrogens (tertiary/aromatic N) is 2. The molecule has 0 radical (unpaired) electrons. The van der Waals surface area contributed by atoms with Crippen LogP contribution in [0.5, 0.6) is 0 Å². The lowest BCUT2D eigenvalue weighted by Crippen LogP contribution is -2.44. The molecule has 1 aliphatic rings. The summed E-state index contributed by atoms with van der Waals surface area (Å²) in [7, 11) is 0. The molecular weight excluding hydrogens is 235 g/mol. The molecule has 0 aromatic heterocycles. The fraction of sp³-hybridized carbons (Fsp3) is 0.385. The number of morpholine rings is 1. The standard InChI is InChI=1S/C13H13FN2O2/c14-11-3-1-2-10(6-11)13(17)9-16-4-5-18-12(7-15)8-16/h1-3,6,12H,4-5,8-9H2. The molecule has 0 bridgehead atoms. The zero-order valence-corrected chi connectivity index (χ0v) is 9.80. The summed E-state index contributed by atoms with van der Waals surface area (Å²) in [4.78, 5) is 13.8. The summed E-state index contributed by atoms with van der Waals surface area (Å²) in [6, 6.07) is 7.66. The van der Waals surface area contributed by atoms with Crippen molar-refractivity contribution in [3.63, 3.8) is 0 Å². The second-order valence-corrected chi connectivity index (χ2v) is 4.16. The molecule has 0 saturated carbocycles. The molecular formula is C13H13FN2O2. The molecule has 4 nitrogen and oxygen atoms in total. The van der Waals surface area contributed by atoms with Crippen molar-refractivity contribution in [1.29, 1.82) is 5.26 Å². The second-order valence-electron chi connectivity index (χ2n) is 4.16. The van der Waals surface area contributed by atoms with Crippen LogP contribution in [0.2, 0.25) is 0 Å². The van der Waals surface area contributed by atoms with Crippen LogP contribution < -0.4 is 0 Å². The average Bonchev–Trinajstić information content (AvgIpc) is 2.39. The van der Waals surface area contributed by atoms with Gasteiger partial charge in [0.05, 0.1) is 19.2 Å². The number of rotatable bonds is 3. The van der Waals surface area contributed by atoms with Crippen LogP contribution in [0.15, 0.2) is 24.3 Å². The van der Waals surface area contributed by atoms with E-state index in [9.17, 15) is 9.18 Å². The van der Waals surface area contributed by atoms with Gasteiger partial charge in [0.2, 0.25) is 0 Å². The minimum atomic E-state index is -0.487. The molecule has 0 aliphatic carbocycles. The van der Waals surface area contributed by atoms with E-state index >= 15 is 0 Å². The Kier molecular flexibility index (Phi) is 4.03. The zero-order valence-electron chi connectivity index (χ0n) is 9.80. The van der Waals surface area contributed by atoms with E-state index in [-0.39, 0.29) is 12.3 Å². The number of ketones is 1. The van der Waals surface area contributed by atoms with Crippen molar-refractivity contribution in [1.82, 2.24) is 4.90 Å². The van der Waals surface area contributed by atoms with Crippen LogP contribution in [0.4, 0.5) is 4.39 Å². The molecule has 94 valence electrons. The Labute approximate surface area is 105 Å². The van der Waals surface area contributed by atoms with E-state index in [1.54, 1.807) is 6.07 Å². The number of halogens is 1. The molecule has 0 N–H and O–H groups in total. The Morgan fingerprint density at radius 2 is 2.44 bits per heavy atom. The van der Waals surface area contributed by atoms with Crippen molar-refractivity contribution in [2.24, 2.45) is 0 Å². The number of Topliss-reactive ketones (excluding diaryl/α,β-unsaturated/α-hetero) is 1. The van der Waals surface area contributed by atoms with Gasteiger partial charge in [-0.05, 0) is 12.1 Å². The molecule has 18 heavy (non-hydrogen) atoms. The number of hydrogen-bond acceptors (Lipinski definition) is 4. The van der Waals surface area contributed by atoms with Gasteiger partial charge in [0, 0.05) is 18.7 Å². The highest BCUT2D eigenvalue weighted by Crippen LogP contribution is 2.08. The number of carbonyl (C=O) groups is 1. The van der Waals surface area contributed by atoms with Gasteiger partial charge in [-0.2, -0.15) is 5.26 Å². The summed E-state index contributed by atoms with van der Waals surface area (Å²) in [6.45, 7) is 1.65. The maximum Gasteiger partial charge on any atom is 0.176 e. The Balaban J connectivity index is 1.97. The van der Waals surface area contributed by atoms with Gasteiger partial charge in [-0.25, -0.2) is 4.39 Å². The molecule has 1 aromatic rings. The van der Waals surface area contributed by atoms with Crippen molar-refractivity contribution < 1.29 is 13.9 Å². The summed E-state index contributed by atoms with van der Waals surface area (Å²) >= 11 is 0. The smallest absolute Gasteiger partial charge is 0.176 e. The molecule has 2 rings (SSSR count). The van der Waals surface area contributed by atoms with E-state index < -0.39 is 11.9 Å². The molecule has 1 unspecified atom stereocenters. The van der Waals surface area contributed by atoms with Crippen LogP contribution in [0.25, 0.3) is 0 Å². The Morgan fingerprint density at radius 3 is 3.17 bits per heavy atom. The van der Waals surface area contributed by atoms with E-state index in [0.29, 0.717) is 25.3 Å². The van der Waals surface area contributed by atoms with Gasteiger partial charge < -0.3 is 4.74 Å². The third-order valence-electron chi connectivity index (χ3n) is 2.81. The van der Waals surface area contributed by atoms with Crippen molar-refractivity contribution >= 4 is 5.78 Å². The second kappa shape index (κ2) is 5.71. The van der Waals surface area contributed by atoms with E-state index in [1.807, 2.05) is 11.0 Å². The van der Waals surface area contributed by atoms with E-state index in [0.717, 1.165) is 0 Å². The summed E-state index contributed by atoms with van der Waals surface area (Å²) in [6.07, 6.45) is -0.487. The Bertz CT molecular complexity index is 484. The highest BCUT2D eigenvalue weighted by atomic mass is 19.1. The van der Waals surface area contributed by atoms with Crippen LogP contribution in [-0.4, -0.2) is 43.0 Å². The molecule has 1 atom stereocenters. The predicted molar refractivity (Wildman–Crippen MR) is 62.5 cm³/mol. The lowest BCUT2D eigenvalue weighted by atomic mass is 10.1. The molecule has 1 aliphatic heterocycles. The first-order valence-corrected chi connectivity index (χ1v) is 5.71. The maximum atomic E-state index is 13.0. The summed E-state index contributed by atoms with van der Waals surface area (Å²) in [5.41, 5.74) is 0.356. The molecule has 0 spiro atoms. The fourth-order valence-electron chi connectivity index (χ4n) is 1.88. The quantitative estimate of drug-likeness (QED) is 0.755. The van der Waals surface area contributed by atoms with Crippen LogP contribution in [0.1, 0.15) is 10.4 Å². The number of carbonyl (C=O) groups excluding carboxylic acids is 1. The minimum absolute atomic E-state index is 0.145. The van der Waals surface area contributed by atoms with Gasteiger partial charge in [-0.1, -0.05) is 12.1 Å². The van der Waals surface area contributed by atoms with Crippen LogP contribution in [0.3, 0.4) is 0 Å². The normalized spacial score (nSPS) is 20.3. The third kappa shape index (κ3) is 3.13. The zero-order chi connectivity index (χ0) is 13.0. The first kappa shape index (κ1) is 12.7. The monoisotopic (exact) mass is 248 g/mol. The molecule has 1 heterocycles. The highest BCUT2D eigenvalue weighted by molar-refractivity contribution is 5.97. The van der Waals surface area contributed by atoms with Gasteiger partial charge in [-0.3, -0.25) is 9.69 Å². The number of nitriles is 1. The Morgan fingerprint density at radius 1 is 1.61 bits per heavy atom. The van der Waals surface area contributed by atoms with E-state index in [1.165, 1.54) is 18.2 Å². The lowest BCUT2D eigenvalue weighted by molar-refractivity contribution is 0.00240. The van der Waals surface area contributed by atoms with Gasteiger partial charge in [0.25, 0.3) is 0 Å². The summed E-state index contributed by atoms with van der Waals surface area (Å²) in [5, 5.41) is 8.76. The topological polar surface area (TPSA) is 53.3 Å². The van der Waals surface area contributed by atoms with Gasteiger partial charge >= 0.3 is 0 Å². The first-order chi connectivity index (χ1) is 8.69. The largest absolute Gasteiger partial charge is 0.361 e. The number of ether oxygens (including phenoxy) is 1. The van der Waals surface area contributed by atoms with Crippen LogP contribution in [0, 0.1) is 17.1 Å².